The molecule has 4 heteroatoms. The molecule has 2 rings (SSSR count). The van der Waals surface area contributed by atoms with Gasteiger partial charge in [0.25, 0.3) is 0 Å². The maximum atomic E-state index is 4.33. The van der Waals surface area contributed by atoms with Gasteiger partial charge in [-0.2, -0.15) is 0 Å². The van der Waals surface area contributed by atoms with Gasteiger partial charge in [0, 0.05) is 24.0 Å². The fraction of sp³-hybridized carbons (Fsp3) is 0.727. The van der Waals surface area contributed by atoms with E-state index >= 15 is 0 Å². The van der Waals surface area contributed by atoms with Gasteiger partial charge in [-0.15, -0.1) is 11.3 Å². The quantitative estimate of drug-likeness (QED) is 0.796. The Kier molecular flexibility index (Phi) is 4.11. The standard InChI is InChI=1S/C11H19N3S/c1-9(11-14-4-5-15-11)6-13-8-10-2-3-12-7-10/h4-5,9-10,12-13H,2-3,6-8H2,1H3. The third-order valence-electron chi connectivity index (χ3n) is 2.92. The summed E-state index contributed by atoms with van der Waals surface area (Å²) in [4.78, 5) is 4.33. The Morgan fingerprint density at radius 2 is 2.67 bits per heavy atom. The highest BCUT2D eigenvalue weighted by molar-refractivity contribution is 7.09. The second kappa shape index (κ2) is 5.58. The zero-order chi connectivity index (χ0) is 10.5. The van der Waals surface area contributed by atoms with Crippen molar-refractivity contribution in [3.63, 3.8) is 0 Å². The van der Waals surface area contributed by atoms with E-state index in [2.05, 4.69) is 22.5 Å². The van der Waals surface area contributed by atoms with Crippen LogP contribution in [-0.2, 0) is 0 Å². The van der Waals surface area contributed by atoms with Gasteiger partial charge in [-0.3, -0.25) is 0 Å². The van der Waals surface area contributed by atoms with Gasteiger partial charge < -0.3 is 10.6 Å². The first-order valence-electron chi connectivity index (χ1n) is 5.67. The van der Waals surface area contributed by atoms with Crippen LogP contribution < -0.4 is 10.6 Å². The van der Waals surface area contributed by atoms with Gasteiger partial charge in [-0.05, 0) is 32.0 Å². The predicted molar refractivity (Wildman–Crippen MR) is 64.4 cm³/mol. The summed E-state index contributed by atoms with van der Waals surface area (Å²) in [6.07, 6.45) is 3.20. The van der Waals surface area contributed by atoms with Crippen molar-refractivity contribution >= 4 is 11.3 Å². The van der Waals surface area contributed by atoms with E-state index in [1.165, 1.54) is 24.5 Å². The zero-order valence-corrected chi connectivity index (χ0v) is 10.0. The zero-order valence-electron chi connectivity index (χ0n) is 9.20. The molecule has 0 spiro atoms. The molecule has 3 nitrogen and oxygen atoms in total. The molecule has 0 radical (unpaired) electrons. The van der Waals surface area contributed by atoms with Crippen molar-refractivity contribution in [2.24, 2.45) is 5.92 Å². The number of nitrogens with zero attached hydrogens (tertiary/aromatic N) is 1. The summed E-state index contributed by atoms with van der Waals surface area (Å²) >= 11 is 1.75. The molecule has 1 aromatic heterocycles. The molecule has 1 saturated heterocycles. The van der Waals surface area contributed by atoms with E-state index in [1.807, 2.05) is 11.6 Å². The third-order valence-corrected chi connectivity index (χ3v) is 3.93. The molecule has 2 atom stereocenters. The largest absolute Gasteiger partial charge is 0.316 e. The molecule has 15 heavy (non-hydrogen) atoms. The molecule has 0 aromatic carbocycles. The molecule has 0 amide bonds. The highest BCUT2D eigenvalue weighted by Crippen LogP contribution is 2.16. The minimum atomic E-state index is 0.541. The molecular weight excluding hydrogens is 206 g/mol. The first-order valence-corrected chi connectivity index (χ1v) is 6.55. The number of nitrogens with one attached hydrogen (secondary N) is 2. The van der Waals surface area contributed by atoms with E-state index in [9.17, 15) is 0 Å². The van der Waals surface area contributed by atoms with Gasteiger partial charge in [0.15, 0.2) is 0 Å². The Morgan fingerprint density at radius 3 is 3.33 bits per heavy atom. The van der Waals surface area contributed by atoms with Crippen LogP contribution in [0.5, 0.6) is 0 Å². The lowest BCUT2D eigenvalue weighted by molar-refractivity contribution is 0.497. The van der Waals surface area contributed by atoms with Crippen LogP contribution in [0.15, 0.2) is 11.6 Å². The molecular formula is C11H19N3S. The summed E-state index contributed by atoms with van der Waals surface area (Å²) in [5.74, 6) is 1.37. The molecule has 2 unspecified atom stereocenters. The van der Waals surface area contributed by atoms with Crippen LogP contribution in [-0.4, -0.2) is 31.2 Å². The summed E-state index contributed by atoms with van der Waals surface area (Å²) in [7, 11) is 0. The van der Waals surface area contributed by atoms with Crippen molar-refractivity contribution in [3.05, 3.63) is 16.6 Å². The minimum Gasteiger partial charge on any atom is -0.316 e. The van der Waals surface area contributed by atoms with Crippen LogP contribution in [0.1, 0.15) is 24.3 Å². The van der Waals surface area contributed by atoms with Crippen LogP contribution in [0.25, 0.3) is 0 Å². The maximum Gasteiger partial charge on any atom is 0.0965 e. The Bertz CT molecular complexity index is 267. The van der Waals surface area contributed by atoms with Crippen LogP contribution in [0.3, 0.4) is 0 Å². The van der Waals surface area contributed by atoms with Gasteiger partial charge in [-0.1, -0.05) is 6.92 Å². The molecule has 1 aliphatic rings. The highest BCUT2D eigenvalue weighted by atomic mass is 32.1. The summed E-state index contributed by atoms with van der Waals surface area (Å²) in [6.45, 7) is 6.79. The molecule has 0 aliphatic carbocycles. The predicted octanol–water partition coefficient (Wildman–Crippen LogP) is 1.45. The molecule has 84 valence electrons. The summed E-state index contributed by atoms with van der Waals surface area (Å²) < 4.78 is 0. The number of aromatic nitrogens is 1. The number of hydrogen-bond acceptors (Lipinski definition) is 4. The van der Waals surface area contributed by atoms with E-state index in [1.54, 1.807) is 11.3 Å². The van der Waals surface area contributed by atoms with Crippen LogP contribution in [0.4, 0.5) is 0 Å². The number of rotatable bonds is 5. The fourth-order valence-electron chi connectivity index (χ4n) is 1.96. The van der Waals surface area contributed by atoms with E-state index in [0.29, 0.717) is 5.92 Å². The summed E-state index contributed by atoms with van der Waals surface area (Å²) in [6, 6.07) is 0. The Hall–Kier alpha value is -0.450. The molecule has 0 saturated carbocycles. The molecule has 2 N–H and O–H groups in total. The Labute approximate surface area is 95.3 Å². The molecule has 1 aliphatic heterocycles. The van der Waals surface area contributed by atoms with E-state index in [4.69, 9.17) is 0 Å². The number of thiazole rings is 1. The van der Waals surface area contributed by atoms with Gasteiger partial charge in [-0.25, -0.2) is 4.98 Å². The normalized spacial score (nSPS) is 23.1. The molecule has 0 bridgehead atoms. The van der Waals surface area contributed by atoms with Crippen molar-refractivity contribution < 1.29 is 0 Å². The monoisotopic (exact) mass is 225 g/mol. The Morgan fingerprint density at radius 1 is 1.73 bits per heavy atom. The van der Waals surface area contributed by atoms with Crippen molar-refractivity contribution in [1.82, 2.24) is 15.6 Å². The van der Waals surface area contributed by atoms with Crippen LogP contribution in [0, 0.1) is 5.92 Å². The third kappa shape index (κ3) is 3.26. The minimum absolute atomic E-state index is 0.541. The first kappa shape index (κ1) is 11.0. The summed E-state index contributed by atoms with van der Waals surface area (Å²) in [5.41, 5.74) is 0. The van der Waals surface area contributed by atoms with Gasteiger partial charge in [0.05, 0.1) is 5.01 Å². The topological polar surface area (TPSA) is 37.0 Å². The van der Waals surface area contributed by atoms with Crippen molar-refractivity contribution in [3.8, 4) is 0 Å². The molecule has 1 aromatic rings. The highest BCUT2D eigenvalue weighted by Gasteiger charge is 2.14. The lowest BCUT2D eigenvalue weighted by atomic mass is 10.1. The van der Waals surface area contributed by atoms with Crippen molar-refractivity contribution in [2.75, 3.05) is 26.2 Å². The fourth-order valence-corrected chi connectivity index (χ4v) is 2.66. The smallest absolute Gasteiger partial charge is 0.0965 e. The van der Waals surface area contributed by atoms with E-state index in [0.717, 1.165) is 19.0 Å². The average molecular weight is 225 g/mol. The lowest BCUT2D eigenvalue weighted by Crippen LogP contribution is -2.27. The second-order valence-electron chi connectivity index (χ2n) is 4.29. The Balaban J connectivity index is 1.65. The van der Waals surface area contributed by atoms with Crippen LogP contribution >= 0.6 is 11.3 Å². The molecule has 1 fully saturated rings. The first-order chi connectivity index (χ1) is 7.36. The maximum absolute atomic E-state index is 4.33. The van der Waals surface area contributed by atoms with Gasteiger partial charge >= 0.3 is 0 Å². The average Bonchev–Trinajstić information content (AvgIpc) is 2.90. The lowest BCUT2D eigenvalue weighted by Gasteiger charge is -2.13. The second-order valence-corrected chi connectivity index (χ2v) is 5.21. The SMILES string of the molecule is CC(CNCC1CCNC1)c1nccs1. The van der Waals surface area contributed by atoms with E-state index < -0.39 is 0 Å². The van der Waals surface area contributed by atoms with E-state index in [-0.39, 0.29) is 0 Å². The van der Waals surface area contributed by atoms with Crippen molar-refractivity contribution in [2.45, 2.75) is 19.3 Å². The molecule has 2 heterocycles. The van der Waals surface area contributed by atoms with Gasteiger partial charge in [0.1, 0.15) is 0 Å². The van der Waals surface area contributed by atoms with Gasteiger partial charge in [0.2, 0.25) is 0 Å². The van der Waals surface area contributed by atoms with Crippen LogP contribution in [0.2, 0.25) is 0 Å². The summed E-state index contributed by atoms with van der Waals surface area (Å²) in [5, 5.41) is 10.2. The van der Waals surface area contributed by atoms with Crippen molar-refractivity contribution in [1.29, 1.82) is 0 Å². The number of hydrogen-bond donors (Lipinski definition) is 2.